The number of methoxy groups -OCH3 is 1. The Morgan fingerprint density at radius 2 is 2.14 bits per heavy atom. The van der Waals surface area contributed by atoms with E-state index in [0.29, 0.717) is 11.6 Å². The molecule has 1 saturated heterocycles. The molecular formula is C17H25BrN2O. The maximum Gasteiger partial charge on any atom is 0.133 e. The number of rotatable bonds is 3. The molecule has 4 heteroatoms. The van der Waals surface area contributed by atoms with Crippen molar-refractivity contribution < 1.29 is 4.74 Å². The summed E-state index contributed by atoms with van der Waals surface area (Å²) in [6.07, 6.45) is 5.42. The van der Waals surface area contributed by atoms with Gasteiger partial charge >= 0.3 is 0 Å². The van der Waals surface area contributed by atoms with Crippen molar-refractivity contribution in [2.75, 3.05) is 20.2 Å². The highest BCUT2D eigenvalue weighted by atomic mass is 79.9. The Bertz CT molecular complexity index is 500. The van der Waals surface area contributed by atoms with Gasteiger partial charge in [-0.3, -0.25) is 4.90 Å². The maximum atomic E-state index is 5.33. The molecule has 21 heavy (non-hydrogen) atoms. The van der Waals surface area contributed by atoms with Gasteiger partial charge in [0, 0.05) is 31.2 Å². The molecule has 0 amide bonds. The first-order chi connectivity index (χ1) is 10.1. The quantitative estimate of drug-likeness (QED) is 0.899. The Kier molecular flexibility index (Phi) is 4.57. The Morgan fingerprint density at radius 1 is 1.38 bits per heavy atom. The molecule has 0 bridgehead atoms. The smallest absolute Gasteiger partial charge is 0.133 e. The largest absolute Gasteiger partial charge is 0.496 e. The summed E-state index contributed by atoms with van der Waals surface area (Å²) in [5, 5.41) is 3.69. The second kappa shape index (κ2) is 6.27. The normalized spacial score (nSPS) is 25.4. The monoisotopic (exact) mass is 352 g/mol. The van der Waals surface area contributed by atoms with E-state index in [9.17, 15) is 0 Å². The SMILES string of the molecule is COc1ccc(CN2CC(C)NCC23CCCC3)cc1Br. The minimum Gasteiger partial charge on any atom is -0.496 e. The summed E-state index contributed by atoms with van der Waals surface area (Å²) in [6, 6.07) is 7.04. The summed E-state index contributed by atoms with van der Waals surface area (Å²) in [6.45, 7) is 5.61. The van der Waals surface area contributed by atoms with Gasteiger partial charge in [0.05, 0.1) is 11.6 Å². The molecule has 1 aliphatic carbocycles. The van der Waals surface area contributed by atoms with Gasteiger partial charge in [0.25, 0.3) is 0 Å². The first kappa shape index (κ1) is 15.3. The predicted octanol–water partition coefficient (Wildman–Crippen LogP) is 3.56. The Morgan fingerprint density at radius 3 is 2.81 bits per heavy atom. The van der Waals surface area contributed by atoms with E-state index in [4.69, 9.17) is 4.74 Å². The lowest BCUT2D eigenvalue weighted by atomic mass is 9.90. The van der Waals surface area contributed by atoms with E-state index in [0.717, 1.165) is 29.9 Å². The summed E-state index contributed by atoms with van der Waals surface area (Å²) in [5.41, 5.74) is 1.75. The fourth-order valence-electron chi connectivity index (χ4n) is 3.85. The van der Waals surface area contributed by atoms with E-state index >= 15 is 0 Å². The van der Waals surface area contributed by atoms with Crippen LogP contribution in [0.1, 0.15) is 38.2 Å². The topological polar surface area (TPSA) is 24.5 Å². The van der Waals surface area contributed by atoms with Crippen molar-refractivity contribution in [2.24, 2.45) is 0 Å². The fraction of sp³-hybridized carbons (Fsp3) is 0.647. The maximum absolute atomic E-state index is 5.33. The third-order valence-corrected chi connectivity index (χ3v) is 5.69. The van der Waals surface area contributed by atoms with Crippen LogP contribution in [0.4, 0.5) is 0 Å². The van der Waals surface area contributed by atoms with Crippen molar-refractivity contribution in [3.63, 3.8) is 0 Å². The molecule has 1 atom stereocenters. The lowest BCUT2D eigenvalue weighted by Gasteiger charge is -2.48. The van der Waals surface area contributed by atoms with Crippen LogP contribution in [0.25, 0.3) is 0 Å². The Hall–Kier alpha value is -0.580. The van der Waals surface area contributed by atoms with Crippen LogP contribution in [0.2, 0.25) is 0 Å². The number of nitrogens with one attached hydrogen (secondary N) is 1. The van der Waals surface area contributed by atoms with Crippen LogP contribution in [0.15, 0.2) is 22.7 Å². The minimum atomic E-state index is 0.388. The first-order valence-electron chi connectivity index (χ1n) is 7.94. The van der Waals surface area contributed by atoms with Gasteiger partial charge in [0.2, 0.25) is 0 Å². The summed E-state index contributed by atoms with van der Waals surface area (Å²) in [7, 11) is 1.71. The van der Waals surface area contributed by atoms with Gasteiger partial charge in [-0.2, -0.15) is 0 Å². The molecule has 2 fully saturated rings. The molecule has 1 unspecified atom stereocenters. The number of nitrogens with zero attached hydrogens (tertiary/aromatic N) is 1. The van der Waals surface area contributed by atoms with Gasteiger partial charge in [-0.05, 0) is 53.4 Å². The van der Waals surface area contributed by atoms with Gasteiger partial charge in [0.1, 0.15) is 5.75 Å². The number of halogens is 1. The van der Waals surface area contributed by atoms with Crippen LogP contribution in [0.5, 0.6) is 5.75 Å². The van der Waals surface area contributed by atoms with Crippen LogP contribution in [-0.4, -0.2) is 36.7 Å². The molecule has 1 N–H and O–H groups in total. The average Bonchev–Trinajstić information content (AvgIpc) is 2.93. The van der Waals surface area contributed by atoms with Crippen molar-refractivity contribution in [1.29, 1.82) is 0 Å². The molecule has 1 saturated carbocycles. The number of hydrogen-bond donors (Lipinski definition) is 1. The van der Waals surface area contributed by atoms with Crippen molar-refractivity contribution in [2.45, 2.75) is 50.7 Å². The molecule has 3 nitrogen and oxygen atoms in total. The van der Waals surface area contributed by atoms with E-state index in [1.54, 1.807) is 7.11 Å². The van der Waals surface area contributed by atoms with Gasteiger partial charge in [-0.25, -0.2) is 0 Å². The van der Waals surface area contributed by atoms with Crippen molar-refractivity contribution >= 4 is 15.9 Å². The molecule has 1 aromatic carbocycles. The van der Waals surface area contributed by atoms with Crippen molar-refractivity contribution in [1.82, 2.24) is 10.2 Å². The van der Waals surface area contributed by atoms with E-state index in [2.05, 4.69) is 51.3 Å². The standard InChI is InChI=1S/C17H25BrN2O/c1-13-10-20(17(12-19-13)7-3-4-8-17)11-14-5-6-16(21-2)15(18)9-14/h5-6,9,13,19H,3-4,7-8,10-12H2,1-2H3. The highest BCUT2D eigenvalue weighted by Crippen LogP contribution is 2.38. The fourth-order valence-corrected chi connectivity index (χ4v) is 4.44. The minimum absolute atomic E-state index is 0.388. The summed E-state index contributed by atoms with van der Waals surface area (Å²) in [4.78, 5) is 2.72. The van der Waals surface area contributed by atoms with Crippen LogP contribution in [-0.2, 0) is 6.54 Å². The lowest BCUT2D eigenvalue weighted by molar-refractivity contribution is 0.0392. The van der Waals surface area contributed by atoms with Crippen molar-refractivity contribution in [3.05, 3.63) is 28.2 Å². The number of piperazine rings is 1. The van der Waals surface area contributed by atoms with Gasteiger partial charge in [-0.1, -0.05) is 18.9 Å². The molecule has 1 spiro atoms. The first-order valence-corrected chi connectivity index (χ1v) is 8.73. The predicted molar refractivity (Wildman–Crippen MR) is 89.8 cm³/mol. The van der Waals surface area contributed by atoms with Crippen LogP contribution < -0.4 is 10.1 Å². The average molecular weight is 353 g/mol. The molecule has 3 rings (SSSR count). The summed E-state index contributed by atoms with van der Waals surface area (Å²) < 4.78 is 6.38. The van der Waals surface area contributed by atoms with E-state index in [1.807, 2.05) is 0 Å². The third kappa shape index (κ3) is 3.13. The molecule has 2 aliphatic rings. The Labute approximate surface area is 136 Å². The molecular weight excluding hydrogens is 328 g/mol. The molecule has 1 aromatic rings. The van der Waals surface area contributed by atoms with Crippen molar-refractivity contribution in [3.8, 4) is 5.75 Å². The Balaban J connectivity index is 1.79. The zero-order valence-corrected chi connectivity index (χ0v) is 14.6. The van der Waals surface area contributed by atoms with Crippen LogP contribution in [0, 0.1) is 0 Å². The van der Waals surface area contributed by atoms with Gasteiger partial charge in [-0.15, -0.1) is 0 Å². The van der Waals surface area contributed by atoms with Gasteiger partial charge < -0.3 is 10.1 Å². The summed E-state index contributed by atoms with van der Waals surface area (Å²) in [5.74, 6) is 0.906. The second-order valence-corrected chi connectivity index (χ2v) is 7.42. The van der Waals surface area contributed by atoms with Crippen LogP contribution in [0.3, 0.4) is 0 Å². The molecule has 116 valence electrons. The van der Waals surface area contributed by atoms with Gasteiger partial charge in [0.15, 0.2) is 0 Å². The summed E-state index contributed by atoms with van der Waals surface area (Å²) >= 11 is 3.60. The molecule has 0 aromatic heterocycles. The zero-order chi connectivity index (χ0) is 14.9. The van der Waals surface area contributed by atoms with E-state index < -0.39 is 0 Å². The number of hydrogen-bond acceptors (Lipinski definition) is 3. The highest BCUT2D eigenvalue weighted by Gasteiger charge is 2.42. The van der Waals surface area contributed by atoms with E-state index in [-0.39, 0.29) is 0 Å². The third-order valence-electron chi connectivity index (χ3n) is 5.07. The lowest BCUT2D eigenvalue weighted by Crippen LogP contribution is -2.62. The van der Waals surface area contributed by atoms with E-state index in [1.165, 1.54) is 31.2 Å². The molecule has 1 heterocycles. The number of ether oxygens (including phenoxy) is 1. The number of benzene rings is 1. The van der Waals surface area contributed by atoms with Crippen LogP contribution >= 0.6 is 15.9 Å². The molecule has 1 aliphatic heterocycles. The molecule has 0 radical (unpaired) electrons. The zero-order valence-electron chi connectivity index (χ0n) is 13.0. The highest BCUT2D eigenvalue weighted by molar-refractivity contribution is 9.10. The second-order valence-electron chi connectivity index (χ2n) is 6.56.